The van der Waals surface area contributed by atoms with Crippen LogP contribution in [0.2, 0.25) is 0 Å². The molecule has 0 saturated carbocycles. The van der Waals surface area contributed by atoms with Crippen molar-refractivity contribution in [3.8, 4) is 5.75 Å². The Balaban J connectivity index is 3.02. The Morgan fingerprint density at radius 2 is 1.94 bits per heavy atom. The molecule has 0 heterocycles. The van der Waals surface area contributed by atoms with Crippen LogP contribution in [0.5, 0.6) is 5.75 Å². The number of nitrogens with one attached hydrogen (secondary N) is 1. The molecule has 0 spiro atoms. The molecular weight excluding hydrogens is 218 g/mol. The van der Waals surface area contributed by atoms with Gasteiger partial charge in [-0.25, -0.2) is 0 Å². The summed E-state index contributed by atoms with van der Waals surface area (Å²) < 4.78 is 5.18. The number of carboxylic acid groups (broad SMARTS) is 1. The third kappa shape index (κ3) is 3.20. The molecule has 2 N–H and O–H groups in total. The Morgan fingerprint density at radius 1 is 1.41 bits per heavy atom. The molecule has 0 saturated heterocycles. The molecule has 0 aromatic heterocycles. The molecule has 0 aliphatic rings. The number of carboxylic acids is 1. The molecule has 0 amide bonds. The predicted octanol–water partition coefficient (Wildman–Crippen LogP) is 1.53. The normalized spacial score (nSPS) is 12.2. The van der Waals surface area contributed by atoms with Crippen molar-refractivity contribution in [2.45, 2.75) is 26.3 Å². The zero-order chi connectivity index (χ0) is 13.0. The summed E-state index contributed by atoms with van der Waals surface area (Å²) in [5.41, 5.74) is 3.18. The zero-order valence-electron chi connectivity index (χ0n) is 10.7. The lowest BCUT2D eigenvalue weighted by Crippen LogP contribution is -2.36. The first kappa shape index (κ1) is 13.5. The lowest BCUT2D eigenvalue weighted by atomic mass is 9.96. The maximum Gasteiger partial charge on any atom is 0.321 e. The van der Waals surface area contributed by atoms with E-state index < -0.39 is 12.0 Å². The van der Waals surface area contributed by atoms with E-state index in [1.165, 1.54) is 0 Å². The SMILES string of the molecule is CN[C@@H](Cc1c(C)cc(OC)cc1C)C(=O)O. The van der Waals surface area contributed by atoms with Crippen molar-refractivity contribution < 1.29 is 14.6 Å². The van der Waals surface area contributed by atoms with E-state index in [1.54, 1.807) is 14.2 Å². The quantitative estimate of drug-likeness (QED) is 0.815. The number of benzene rings is 1. The van der Waals surface area contributed by atoms with Gasteiger partial charge in [0.15, 0.2) is 0 Å². The highest BCUT2D eigenvalue weighted by atomic mass is 16.5. The summed E-state index contributed by atoms with van der Waals surface area (Å²) in [6.45, 7) is 3.94. The number of hydrogen-bond donors (Lipinski definition) is 2. The maximum absolute atomic E-state index is 11.0. The smallest absolute Gasteiger partial charge is 0.321 e. The van der Waals surface area contributed by atoms with Gasteiger partial charge in [0.05, 0.1) is 7.11 Å². The molecule has 1 aromatic carbocycles. The second kappa shape index (κ2) is 5.68. The van der Waals surface area contributed by atoms with Crippen molar-refractivity contribution in [3.63, 3.8) is 0 Å². The van der Waals surface area contributed by atoms with E-state index in [9.17, 15) is 4.79 Å². The third-order valence-electron chi connectivity index (χ3n) is 2.96. The van der Waals surface area contributed by atoms with Gasteiger partial charge in [-0.2, -0.15) is 0 Å². The number of likely N-dealkylation sites (N-methyl/N-ethyl adjacent to an activating group) is 1. The van der Waals surface area contributed by atoms with Crippen LogP contribution in [-0.2, 0) is 11.2 Å². The van der Waals surface area contributed by atoms with E-state index in [1.807, 2.05) is 26.0 Å². The second-order valence-electron chi connectivity index (χ2n) is 4.12. The van der Waals surface area contributed by atoms with Gasteiger partial charge in [0.1, 0.15) is 11.8 Å². The predicted molar refractivity (Wildman–Crippen MR) is 66.7 cm³/mol. The molecule has 1 atom stereocenters. The summed E-state index contributed by atoms with van der Waals surface area (Å²) in [6.07, 6.45) is 0.480. The van der Waals surface area contributed by atoms with Crippen molar-refractivity contribution in [2.24, 2.45) is 0 Å². The first-order valence-electron chi connectivity index (χ1n) is 5.53. The average molecular weight is 237 g/mol. The van der Waals surface area contributed by atoms with Gasteiger partial charge in [-0.3, -0.25) is 4.79 Å². The molecule has 94 valence electrons. The maximum atomic E-state index is 11.0. The second-order valence-corrected chi connectivity index (χ2v) is 4.12. The van der Waals surface area contributed by atoms with Crippen LogP contribution in [0.25, 0.3) is 0 Å². The molecular formula is C13H19NO3. The van der Waals surface area contributed by atoms with Crippen LogP contribution in [0.1, 0.15) is 16.7 Å². The Labute approximate surface area is 102 Å². The van der Waals surface area contributed by atoms with E-state index >= 15 is 0 Å². The minimum atomic E-state index is -0.831. The number of carbonyl (C=O) groups is 1. The molecule has 0 aliphatic carbocycles. The molecule has 1 aromatic rings. The topological polar surface area (TPSA) is 58.6 Å². The highest BCUT2D eigenvalue weighted by Crippen LogP contribution is 2.22. The summed E-state index contributed by atoms with van der Waals surface area (Å²) in [7, 11) is 3.29. The van der Waals surface area contributed by atoms with Gasteiger partial charge >= 0.3 is 5.97 Å². The lowest BCUT2D eigenvalue weighted by molar-refractivity contribution is -0.139. The number of hydrogen-bond acceptors (Lipinski definition) is 3. The number of methoxy groups -OCH3 is 1. The van der Waals surface area contributed by atoms with Gasteiger partial charge in [0.2, 0.25) is 0 Å². The molecule has 4 heteroatoms. The summed E-state index contributed by atoms with van der Waals surface area (Å²) in [6, 6.07) is 3.30. The average Bonchev–Trinajstić information content (AvgIpc) is 2.27. The largest absolute Gasteiger partial charge is 0.497 e. The Bertz CT molecular complexity index is 392. The van der Waals surface area contributed by atoms with Crippen molar-refractivity contribution in [3.05, 3.63) is 28.8 Å². The molecule has 0 radical (unpaired) electrons. The standard InChI is InChI=1S/C13H19NO3/c1-8-5-10(17-4)6-9(2)11(8)7-12(14-3)13(15)16/h5-6,12,14H,7H2,1-4H3,(H,15,16)/t12-/m0/s1. The van der Waals surface area contributed by atoms with Crippen LogP contribution < -0.4 is 10.1 Å². The molecule has 0 bridgehead atoms. The van der Waals surface area contributed by atoms with Crippen LogP contribution in [0.4, 0.5) is 0 Å². The summed E-state index contributed by atoms with van der Waals surface area (Å²) in [4.78, 5) is 11.0. The van der Waals surface area contributed by atoms with Crippen molar-refractivity contribution in [2.75, 3.05) is 14.2 Å². The van der Waals surface area contributed by atoms with Crippen LogP contribution in [0.15, 0.2) is 12.1 Å². The highest BCUT2D eigenvalue weighted by Gasteiger charge is 2.18. The summed E-state index contributed by atoms with van der Waals surface area (Å²) in [5, 5.41) is 11.8. The van der Waals surface area contributed by atoms with E-state index in [-0.39, 0.29) is 0 Å². The minimum Gasteiger partial charge on any atom is -0.497 e. The fourth-order valence-electron chi connectivity index (χ4n) is 1.91. The third-order valence-corrected chi connectivity index (χ3v) is 2.96. The fourth-order valence-corrected chi connectivity index (χ4v) is 1.91. The lowest BCUT2D eigenvalue weighted by Gasteiger charge is -2.16. The number of aryl methyl sites for hydroxylation is 2. The van der Waals surface area contributed by atoms with Crippen molar-refractivity contribution >= 4 is 5.97 Å². The van der Waals surface area contributed by atoms with E-state index in [0.29, 0.717) is 6.42 Å². The van der Waals surface area contributed by atoms with Gasteiger partial charge in [-0.15, -0.1) is 0 Å². The molecule has 1 rings (SSSR count). The van der Waals surface area contributed by atoms with Crippen molar-refractivity contribution in [1.82, 2.24) is 5.32 Å². The Morgan fingerprint density at radius 3 is 2.29 bits per heavy atom. The molecule has 0 unspecified atom stereocenters. The monoisotopic (exact) mass is 237 g/mol. The summed E-state index contributed by atoms with van der Waals surface area (Å²) >= 11 is 0. The number of aliphatic carboxylic acids is 1. The zero-order valence-corrected chi connectivity index (χ0v) is 10.7. The van der Waals surface area contributed by atoms with Gasteiger partial charge < -0.3 is 15.2 Å². The van der Waals surface area contributed by atoms with E-state index in [0.717, 1.165) is 22.4 Å². The van der Waals surface area contributed by atoms with Gasteiger partial charge in [0, 0.05) is 0 Å². The highest BCUT2D eigenvalue weighted by molar-refractivity contribution is 5.74. The number of ether oxygens (including phenoxy) is 1. The van der Waals surface area contributed by atoms with Crippen LogP contribution >= 0.6 is 0 Å². The van der Waals surface area contributed by atoms with Crippen LogP contribution in [0, 0.1) is 13.8 Å². The summed E-state index contributed by atoms with van der Waals surface area (Å²) in [5.74, 6) is -0.0257. The number of rotatable bonds is 5. The molecule has 4 nitrogen and oxygen atoms in total. The van der Waals surface area contributed by atoms with Gasteiger partial charge in [-0.05, 0) is 56.1 Å². The first-order chi connectivity index (χ1) is 7.99. The molecule has 17 heavy (non-hydrogen) atoms. The molecule has 0 aliphatic heterocycles. The fraction of sp³-hybridized carbons (Fsp3) is 0.462. The van der Waals surface area contributed by atoms with E-state index in [4.69, 9.17) is 9.84 Å². The van der Waals surface area contributed by atoms with Crippen LogP contribution in [0.3, 0.4) is 0 Å². The first-order valence-corrected chi connectivity index (χ1v) is 5.53. The van der Waals surface area contributed by atoms with Crippen molar-refractivity contribution in [1.29, 1.82) is 0 Å². The Hall–Kier alpha value is -1.55. The minimum absolute atomic E-state index is 0.480. The van der Waals surface area contributed by atoms with Gasteiger partial charge in [-0.1, -0.05) is 0 Å². The van der Waals surface area contributed by atoms with E-state index in [2.05, 4.69) is 5.32 Å². The van der Waals surface area contributed by atoms with Gasteiger partial charge in [0.25, 0.3) is 0 Å². The Kier molecular flexibility index (Phi) is 4.52. The molecule has 0 fully saturated rings. The van der Waals surface area contributed by atoms with Crippen LogP contribution in [-0.4, -0.2) is 31.3 Å².